The van der Waals surface area contributed by atoms with Crippen LogP contribution in [0.1, 0.15) is 0 Å². The summed E-state index contributed by atoms with van der Waals surface area (Å²) >= 11 is 0. The molecule has 0 spiro atoms. The molecule has 0 radical (unpaired) electrons. The zero-order valence-electron chi connectivity index (χ0n) is 23.5. The maximum atomic E-state index is 2.40. The van der Waals surface area contributed by atoms with E-state index in [9.17, 15) is 0 Å². The van der Waals surface area contributed by atoms with Gasteiger partial charge < -0.3 is 4.57 Å². The highest BCUT2D eigenvalue weighted by molar-refractivity contribution is 6.28. The minimum Gasteiger partial charge on any atom is -0.309 e. The van der Waals surface area contributed by atoms with Crippen molar-refractivity contribution in [3.63, 3.8) is 0 Å². The van der Waals surface area contributed by atoms with E-state index in [2.05, 4.69) is 168 Å². The smallest absolute Gasteiger partial charge is 0.0541 e. The number of aromatic nitrogens is 1. The first-order valence-corrected chi connectivity index (χ1v) is 14.9. The monoisotopic (exact) mass is 545 g/mol. The second kappa shape index (κ2) is 9.44. The quantitative estimate of drug-likeness (QED) is 0.154. The fourth-order valence-corrected chi connectivity index (χ4v) is 7.15. The van der Waals surface area contributed by atoms with E-state index in [1.54, 1.807) is 0 Å². The Labute approximate surface area is 249 Å². The summed E-state index contributed by atoms with van der Waals surface area (Å²) in [7, 11) is 0. The van der Waals surface area contributed by atoms with Crippen molar-refractivity contribution in [2.24, 2.45) is 0 Å². The van der Waals surface area contributed by atoms with Gasteiger partial charge >= 0.3 is 0 Å². The summed E-state index contributed by atoms with van der Waals surface area (Å²) in [5, 5.41) is 10.2. The summed E-state index contributed by atoms with van der Waals surface area (Å²) in [5.74, 6) is 0. The number of nitrogens with zero attached hydrogens (tertiary/aromatic N) is 1. The fraction of sp³-hybridized carbons (Fsp3) is 0. The predicted octanol–water partition coefficient (Wildman–Crippen LogP) is 11.6. The molecule has 0 N–H and O–H groups in total. The third kappa shape index (κ3) is 3.58. The number of fused-ring (bicyclic) bond motifs is 7. The predicted molar refractivity (Wildman–Crippen MR) is 184 cm³/mol. The molecule has 1 heterocycles. The topological polar surface area (TPSA) is 4.93 Å². The molecule has 0 aliphatic heterocycles. The molecular weight excluding hydrogens is 518 g/mol. The van der Waals surface area contributed by atoms with Gasteiger partial charge in [-0.15, -0.1) is 0 Å². The molecule has 8 aromatic carbocycles. The van der Waals surface area contributed by atoms with Gasteiger partial charge in [0.1, 0.15) is 0 Å². The molecule has 43 heavy (non-hydrogen) atoms. The fourth-order valence-electron chi connectivity index (χ4n) is 7.15. The van der Waals surface area contributed by atoms with Crippen molar-refractivity contribution in [1.29, 1.82) is 0 Å². The van der Waals surface area contributed by atoms with Gasteiger partial charge in [0, 0.05) is 16.5 Å². The van der Waals surface area contributed by atoms with E-state index < -0.39 is 0 Å². The molecule has 0 saturated heterocycles. The van der Waals surface area contributed by atoms with Crippen LogP contribution in [0.3, 0.4) is 0 Å². The van der Waals surface area contributed by atoms with Crippen molar-refractivity contribution in [1.82, 2.24) is 4.57 Å². The van der Waals surface area contributed by atoms with Gasteiger partial charge in [-0.3, -0.25) is 0 Å². The lowest BCUT2D eigenvalue weighted by molar-refractivity contribution is 1.19. The molecule has 9 rings (SSSR count). The van der Waals surface area contributed by atoms with Crippen LogP contribution in [0.25, 0.3) is 82.1 Å². The summed E-state index contributed by atoms with van der Waals surface area (Å²) in [6.07, 6.45) is 0. The first kappa shape index (κ1) is 24.0. The van der Waals surface area contributed by atoms with Crippen LogP contribution in [0, 0.1) is 0 Å². The Kier molecular flexibility index (Phi) is 5.27. The van der Waals surface area contributed by atoms with Gasteiger partial charge in [-0.05, 0) is 78.8 Å². The average Bonchev–Trinajstić information content (AvgIpc) is 3.42. The van der Waals surface area contributed by atoms with Gasteiger partial charge in [-0.25, -0.2) is 0 Å². The van der Waals surface area contributed by atoms with E-state index in [4.69, 9.17) is 0 Å². The summed E-state index contributed by atoms with van der Waals surface area (Å²) in [6.45, 7) is 0. The summed E-state index contributed by atoms with van der Waals surface area (Å²) < 4.78 is 2.40. The highest BCUT2D eigenvalue weighted by Gasteiger charge is 2.19. The normalized spacial score (nSPS) is 11.7. The van der Waals surface area contributed by atoms with E-state index in [0.29, 0.717) is 0 Å². The number of benzene rings is 8. The second-order valence-electron chi connectivity index (χ2n) is 11.3. The third-order valence-electron chi connectivity index (χ3n) is 8.95. The molecule has 0 amide bonds. The van der Waals surface area contributed by atoms with Crippen molar-refractivity contribution in [3.8, 4) is 27.9 Å². The van der Waals surface area contributed by atoms with E-state index >= 15 is 0 Å². The van der Waals surface area contributed by atoms with Crippen molar-refractivity contribution >= 4 is 54.1 Å². The highest BCUT2D eigenvalue weighted by Crippen LogP contribution is 2.46. The van der Waals surface area contributed by atoms with Crippen LogP contribution in [0.15, 0.2) is 164 Å². The first-order chi connectivity index (χ1) is 21.4. The molecule has 0 unspecified atom stereocenters. The number of para-hydroxylation sites is 2. The van der Waals surface area contributed by atoms with E-state index in [1.807, 2.05) is 0 Å². The van der Waals surface area contributed by atoms with Crippen molar-refractivity contribution in [2.75, 3.05) is 0 Å². The molecular formula is C42H27N. The van der Waals surface area contributed by atoms with E-state index in [-0.39, 0.29) is 0 Å². The molecule has 0 bridgehead atoms. The number of rotatable bonds is 3. The van der Waals surface area contributed by atoms with Crippen LogP contribution in [0.5, 0.6) is 0 Å². The van der Waals surface area contributed by atoms with E-state index in [0.717, 1.165) is 0 Å². The van der Waals surface area contributed by atoms with Crippen LogP contribution < -0.4 is 0 Å². The van der Waals surface area contributed by atoms with E-state index in [1.165, 1.54) is 82.1 Å². The molecule has 0 saturated carbocycles. The van der Waals surface area contributed by atoms with Gasteiger partial charge in [0.2, 0.25) is 0 Å². The molecule has 1 aromatic heterocycles. The largest absolute Gasteiger partial charge is 0.309 e. The summed E-state index contributed by atoms with van der Waals surface area (Å²) in [5.41, 5.74) is 8.69. The molecule has 0 aliphatic carbocycles. The molecule has 9 aromatic rings. The number of hydrogen-bond acceptors (Lipinski definition) is 0. The average molecular weight is 546 g/mol. The Morgan fingerprint density at radius 3 is 1.44 bits per heavy atom. The SMILES string of the molecule is c1ccc(-c2c3ccccc3c(-c3ccccc3)c3c2ccc2cc(-n4c5ccccc5c5ccccc54)ccc23)cc1. The van der Waals surface area contributed by atoms with Crippen LogP contribution >= 0.6 is 0 Å². The van der Waals surface area contributed by atoms with Gasteiger partial charge in [0.15, 0.2) is 0 Å². The lowest BCUT2D eigenvalue weighted by Gasteiger charge is -2.20. The minimum atomic E-state index is 1.18. The van der Waals surface area contributed by atoms with Crippen LogP contribution in [-0.4, -0.2) is 4.57 Å². The van der Waals surface area contributed by atoms with Crippen molar-refractivity contribution < 1.29 is 0 Å². The molecule has 0 fully saturated rings. The maximum Gasteiger partial charge on any atom is 0.0541 e. The van der Waals surface area contributed by atoms with Crippen LogP contribution in [0.4, 0.5) is 0 Å². The molecule has 0 atom stereocenters. The van der Waals surface area contributed by atoms with Gasteiger partial charge in [-0.1, -0.05) is 140 Å². The Morgan fingerprint density at radius 2 is 0.814 bits per heavy atom. The van der Waals surface area contributed by atoms with Crippen LogP contribution in [0.2, 0.25) is 0 Å². The lowest BCUT2D eigenvalue weighted by atomic mass is 9.84. The summed E-state index contributed by atoms with van der Waals surface area (Å²) in [6, 6.07) is 59.7. The Bertz CT molecular complexity index is 2430. The molecule has 1 heteroatoms. The van der Waals surface area contributed by atoms with Crippen LogP contribution in [-0.2, 0) is 0 Å². The molecule has 1 nitrogen and oxygen atoms in total. The third-order valence-corrected chi connectivity index (χ3v) is 8.95. The highest BCUT2D eigenvalue weighted by atomic mass is 15.0. The van der Waals surface area contributed by atoms with Gasteiger partial charge in [0.05, 0.1) is 11.0 Å². The number of hydrogen-bond donors (Lipinski definition) is 0. The van der Waals surface area contributed by atoms with Gasteiger partial charge in [-0.2, -0.15) is 0 Å². The van der Waals surface area contributed by atoms with Gasteiger partial charge in [0.25, 0.3) is 0 Å². The second-order valence-corrected chi connectivity index (χ2v) is 11.3. The standard InChI is InChI=1S/C42H27N/c1-3-13-28(14-4-1)40-35-19-7-8-20-36(35)41(29-15-5-2-6-16-29)42-32-26-24-31(27-30(32)23-25-37(40)42)43-38-21-11-9-17-33(38)34-18-10-12-22-39(34)43/h1-27H. The summed E-state index contributed by atoms with van der Waals surface area (Å²) in [4.78, 5) is 0. The Balaban J connectivity index is 1.42. The Morgan fingerprint density at radius 1 is 0.326 bits per heavy atom. The maximum absolute atomic E-state index is 2.40. The van der Waals surface area contributed by atoms with Crippen molar-refractivity contribution in [3.05, 3.63) is 164 Å². The first-order valence-electron chi connectivity index (χ1n) is 14.9. The lowest BCUT2D eigenvalue weighted by Crippen LogP contribution is -1.95. The Hall–Kier alpha value is -5.66. The molecule has 0 aliphatic rings. The molecule has 200 valence electrons. The zero-order chi connectivity index (χ0) is 28.3. The zero-order valence-corrected chi connectivity index (χ0v) is 23.5. The minimum absolute atomic E-state index is 1.18. The van der Waals surface area contributed by atoms with Crippen molar-refractivity contribution in [2.45, 2.75) is 0 Å².